The normalized spacial score (nSPS) is 15.5. The molecule has 5 nitrogen and oxygen atoms in total. The average molecular weight is 350 g/mol. The molecule has 0 aromatic heterocycles. The van der Waals surface area contributed by atoms with E-state index in [1.54, 1.807) is 6.08 Å². The molecule has 1 heterocycles. The summed E-state index contributed by atoms with van der Waals surface area (Å²) < 4.78 is 24.4. The molecular weight excluding hydrogens is 322 g/mol. The number of sulfone groups is 1. The molecule has 0 bridgehead atoms. The fourth-order valence-corrected chi connectivity index (χ4v) is 4.14. The largest absolute Gasteiger partial charge is 0.353 e. The number of guanidine groups is 1. The van der Waals surface area contributed by atoms with Crippen LogP contribution in [-0.4, -0.2) is 51.2 Å². The number of rotatable bonds is 8. The Labute approximate surface area is 145 Å². The van der Waals surface area contributed by atoms with E-state index in [0.717, 1.165) is 24.6 Å². The van der Waals surface area contributed by atoms with Crippen molar-refractivity contribution in [3.05, 3.63) is 48.6 Å². The molecule has 2 rings (SSSR count). The van der Waals surface area contributed by atoms with Gasteiger partial charge in [-0.2, -0.15) is 0 Å². The lowest BCUT2D eigenvalue weighted by molar-refractivity contribution is 0.495. The minimum Gasteiger partial charge on any atom is -0.353 e. The minimum atomic E-state index is -3.09. The van der Waals surface area contributed by atoms with Crippen LogP contribution in [0.5, 0.6) is 0 Å². The van der Waals surface area contributed by atoms with E-state index < -0.39 is 9.84 Å². The standard InChI is InChI=1S/C18H27N3O2S/c1-2-11-19-18(21-13-6-7-14-21)20-12-8-15-24(22,23)16-17-9-4-3-5-10-17/h2-5,9-10H,1,6-8,11-16H2,(H,19,20). The SMILES string of the molecule is C=CCNC(=NCCCS(=O)(=O)Cc1ccccc1)N1CCCC1. The Hall–Kier alpha value is -1.82. The fraction of sp³-hybridized carbons (Fsp3) is 0.500. The van der Waals surface area contributed by atoms with Crippen LogP contribution in [0.1, 0.15) is 24.8 Å². The second-order valence-electron chi connectivity index (χ2n) is 6.00. The third kappa shape index (κ3) is 6.35. The Balaban J connectivity index is 1.83. The maximum absolute atomic E-state index is 12.2. The monoisotopic (exact) mass is 349 g/mol. The molecule has 1 aromatic carbocycles. The molecule has 6 heteroatoms. The van der Waals surface area contributed by atoms with Crippen molar-refractivity contribution in [2.75, 3.05) is 31.9 Å². The molecule has 1 aliphatic heterocycles. The van der Waals surface area contributed by atoms with Crippen molar-refractivity contribution in [1.29, 1.82) is 0 Å². The topological polar surface area (TPSA) is 61.8 Å². The molecule has 1 aromatic rings. The number of nitrogens with zero attached hydrogens (tertiary/aromatic N) is 2. The molecule has 1 fully saturated rings. The lowest BCUT2D eigenvalue weighted by atomic mass is 10.2. The minimum absolute atomic E-state index is 0.102. The van der Waals surface area contributed by atoms with E-state index in [9.17, 15) is 8.42 Å². The van der Waals surface area contributed by atoms with Crippen LogP contribution in [0.4, 0.5) is 0 Å². The lowest BCUT2D eigenvalue weighted by Crippen LogP contribution is -2.39. The summed E-state index contributed by atoms with van der Waals surface area (Å²) in [6.07, 6.45) is 4.71. The van der Waals surface area contributed by atoms with E-state index in [1.807, 2.05) is 30.3 Å². The van der Waals surface area contributed by atoms with E-state index in [0.29, 0.717) is 19.5 Å². The van der Waals surface area contributed by atoms with E-state index in [-0.39, 0.29) is 11.5 Å². The van der Waals surface area contributed by atoms with Crippen molar-refractivity contribution in [2.45, 2.75) is 25.0 Å². The van der Waals surface area contributed by atoms with Gasteiger partial charge in [0, 0.05) is 26.2 Å². The summed E-state index contributed by atoms with van der Waals surface area (Å²) in [7, 11) is -3.09. The molecule has 1 N–H and O–H groups in total. The third-order valence-electron chi connectivity index (χ3n) is 3.91. The van der Waals surface area contributed by atoms with Gasteiger partial charge in [-0.3, -0.25) is 4.99 Å². The van der Waals surface area contributed by atoms with Gasteiger partial charge in [-0.1, -0.05) is 36.4 Å². The maximum atomic E-state index is 12.2. The van der Waals surface area contributed by atoms with Crippen LogP contribution in [0.2, 0.25) is 0 Å². The summed E-state index contributed by atoms with van der Waals surface area (Å²) >= 11 is 0. The summed E-state index contributed by atoms with van der Waals surface area (Å²) in [6.45, 7) is 6.92. The number of hydrogen-bond donors (Lipinski definition) is 1. The highest BCUT2D eigenvalue weighted by Gasteiger charge is 2.16. The Morgan fingerprint density at radius 3 is 2.62 bits per heavy atom. The zero-order valence-corrected chi connectivity index (χ0v) is 15.0. The molecule has 0 radical (unpaired) electrons. The van der Waals surface area contributed by atoms with Crippen molar-refractivity contribution in [1.82, 2.24) is 10.2 Å². The Morgan fingerprint density at radius 2 is 1.96 bits per heavy atom. The van der Waals surface area contributed by atoms with Gasteiger partial charge in [-0.05, 0) is 24.8 Å². The second-order valence-corrected chi connectivity index (χ2v) is 8.18. The van der Waals surface area contributed by atoms with Gasteiger partial charge in [0.1, 0.15) is 0 Å². The molecule has 132 valence electrons. The molecule has 0 aliphatic carbocycles. The van der Waals surface area contributed by atoms with Gasteiger partial charge >= 0.3 is 0 Å². The lowest BCUT2D eigenvalue weighted by Gasteiger charge is -2.20. The Morgan fingerprint density at radius 1 is 1.25 bits per heavy atom. The fourth-order valence-electron chi connectivity index (χ4n) is 2.73. The highest BCUT2D eigenvalue weighted by molar-refractivity contribution is 7.90. The highest BCUT2D eigenvalue weighted by Crippen LogP contribution is 2.09. The predicted octanol–water partition coefficient (Wildman–Crippen LogP) is 2.22. The van der Waals surface area contributed by atoms with Crippen molar-refractivity contribution >= 4 is 15.8 Å². The second kappa shape index (κ2) is 9.47. The molecule has 0 saturated carbocycles. The number of nitrogens with one attached hydrogen (secondary N) is 1. The molecule has 24 heavy (non-hydrogen) atoms. The van der Waals surface area contributed by atoms with Crippen LogP contribution in [-0.2, 0) is 15.6 Å². The molecule has 0 spiro atoms. The first-order valence-electron chi connectivity index (χ1n) is 8.49. The van der Waals surface area contributed by atoms with Crippen LogP contribution in [0, 0.1) is 0 Å². The van der Waals surface area contributed by atoms with Crippen molar-refractivity contribution < 1.29 is 8.42 Å². The van der Waals surface area contributed by atoms with Gasteiger partial charge in [-0.25, -0.2) is 8.42 Å². The van der Waals surface area contributed by atoms with Crippen LogP contribution in [0.3, 0.4) is 0 Å². The first-order chi connectivity index (χ1) is 11.6. The third-order valence-corrected chi connectivity index (χ3v) is 5.60. The van der Waals surface area contributed by atoms with Gasteiger partial charge < -0.3 is 10.2 Å². The van der Waals surface area contributed by atoms with Gasteiger partial charge in [-0.15, -0.1) is 6.58 Å². The van der Waals surface area contributed by atoms with Crippen LogP contribution >= 0.6 is 0 Å². The van der Waals surface area contributed by atoms with Gasteiger partial charge in [0.15, 0.2) is 15.8 Å². The first kappa shape index (κ1) is 18.5. The van der Waals surface area contributed by atoms with E-state index >= 15 is 0 Å². The summed E-state index contributed by atoms with van der Waals surface area (Å²) in [6, 6.07) is 9.31. The number of likely N-dealkylation sites (tertiary alicyclic amines) is 1. The number of benzene rings is 1. The molecule has 0 atom stereocenters. The molecular formula is C18H27N3O2S. The maximum Gasteiger partial charge on any atom is 0.194 e. The van der Waals surface area contributed by atoms with Gasteiger partial charge in [0.2, 0.25) is 0 Å². The van der Waals surface area contributed by atoms with Crippen LogP contribution < -0.4 is 5.32 Å². The zero-order chi connectivity index (χ0) is 17.3. The molecule has 0 amide bonds. The van der Waals surface area contributed by atoms with Gasteiger partial charge in [0.25, 0.3) is 0 Å². The number of aliphatic imine (C=N–C) groups is 1. The predicted molar refractivity (Wildman–Crippen MR) is 99.9 cm³/mol. The summed E-state index contributed by atoms with van der Waals surface area (Å²) in [5.74, 6) is 1.14. The van der Waals surface area contributed by atoms with Crippen molar-refractivity contribution in [3.63, 3.8) is 0 Å². The molecule has 1 saturated heterocycles. The number of hydrogen-bond acceptors (Lipinski definition) is 3. The van der Waals surface area contributed by atoms with Crippen LogP contribution in [0.15, 0.2) is 48.0 Å². The Kier molecular flexibility index (Phi) is 7.31. The summed E-state index contributed by atoms with van der Waals surface area (Å²) in [5.41, 5.74) is 0.839. The molecule has 0 unspecified atom stereocenters. The van der Waals surface area contributed by atoms with E-state index in [4.69, 9.17) is 0 Å². The van der Waals surface area contributed by atoms with Crippen molar-refractivity contribution in [3.8, 4) is 0 Å². The van der Waals surface area contributed by atoms with E-state index in [2.05, 4.69) is 21.8 Å². The van der Waals surface area contributed by atoms with E-state index in [1.165, 1.54) is 12.8 Å². The summed E-state index contributed by atoms with van der Waals surface area (Å²) in [4.78, 5) is 6.80. The van der Waals surface area contributed by atoms with Gasteiger partial charge in [0.05, 0.1) is 11.5 Å². The average Bonchev–Trinajstić information content (AvgIpc) is 3.09. The van der Waals surface area contributed by atoms with Crippen LogP contribution in [0.25, 0.3) is 0 Å². The van der Waals surface area contributed by atoms with Crippen molar-refractivity contribution in [2.24, 2.45) is 4.99 Å². The quantitative estimate of drug-likeness (QED) is 0.338. The highest BCUT2D eigenvalue weighted by atomic mass is 32.2. The summed E-state index contributed by atoms with van der Waals surface area (Å²) in [5, 5.41) is 3.26. The first-order valence-corrected chi connectivity index (χ1v) is 10.3. The smallest absolute Gasteiger partial charge is 0.194 e. The zero-order valence-electron chi connectivity index (χ0n) is 14.2. The Bertz CT molecular complexity index is 635. The molecule has 1 aliphatic rings.